The maximum Gasteiger partial charge on any atom is 0.312 e. The van der Waals surface area contributed by atoms with Gasteiger partial charge in [0.1, 0.15) is 6.04 Å². The van der Waals surface area contributed by atoms with Gasteiger partial charge in [-0.3, -0.25) is 4.79 Å². The molecule has 1 atom stereocenters. The van der Waals surface area contributed by atoms with Gasteiger partial charge in [-0.25, -0.2) is 4.79 Å². The summed E-state index contributed by atoms with van der Waals surface area (Å²) in [7, 11) is 0. The Hall–Kier alpha value is -2.04. The lowest BCUT2D eigenvalue weighted by molar-refractivity contribution is -0.123. The van der Waals surface area contributed by atoms with Crippen molar-refractivity contribution in [2.75, 3.05) is 6.54 Å². The number of benzene rings is 1. The summed E-state index contributed by atoms with van der Waals surface area (Å²) in [5, 5.41) is 5.67. The molecule has 0 aromatic heterocycles. The van der Waals surface area contributed by atoms with E-state index in [1.165, 1.54) is 38.5 Å². The van der Waals surface area contributed by atoms with Crippen LogP contribution in [0.25, 0.3) is 0 Å². The highest BCUT2D eigenvalue weighted by atomic mass is 16.2. The summed E-state index contributed by atoms with van der Waals surface area (Å²) in [5.41, 5.74) is 6.75. The fourth-order valence-corrected chi connectivity index (χ4v) is 6.40. The van der Waals surface area contributed by atoms with Crippen LogP contribution in [0.4, 0.5) is 4.79 Å². The van der Waals surface area contributed by atoms with Crippen LogP contribution in [0.15, 0.2) is 30.3 Å². The van der Waals surface area contributed by atoms with Crippen LogP contribution in [0.5, 0.6) is 0 Å². The summed E-state index contributed by atoms with van der Waals surface area (Å²) in [6, 6.07) is 8.43. The molecular formula is C22H31N3O2. The van der Waals surface area contributed by atoms with Gasteiger partial charge in [0.15, 0.2) is 0 Å². The first-order valence-electron chi connectivity index (χ1n) is 10.4. The number of hydrogen-bond donors (Lipinski definition) is 3. The van der Waals surface area contributed by atoms with Crippen molar-refractivity contribution < 1.29 is 9.59 Å². The Morgan fingerprint density at radius 1 is 1.04 bits per heavy atom. The maximum atomic E-state index is 12.7. The van der Waals surface area contributed by atoms with Crippen LogP contribution in [-0.4, -0.2) is 24.5 Å². The number of urea groups is 1. The smallest absolute Gasteiger partial charge is 0.312 e. The minimum Gasteiger partial charge on any atom is -0.354 e. The Labute approximate surface area is 161 Å². The average Bonchev–Trinajstić information content (AvgIpc) is 2.60. The highest BCUT2D eigenvalue weighted by molar-refractivity contribution is 5.86. The van der Waals surface area contributed by atoms with Crippen molar-refractivity contribution in [1.29, 1.82) is 0 Å². The van der Waals surface area contributed by atoms with E-state index in [1.54, 1.807) is 0 Å². The number of nitrogens with one attached hydrogen (secondary N) is 2. The number of rotatable bonds is 7. The van der Waals surface area contributed by atoms with Crippen molar-refractivity contribution in [3.8, 4) is 0 Å². The third kappa shape index (κ3) is 4.28. The summed E-state index contributed by atoms with van der Waals surface area (Å²) in [4.78, 5) is 24.0. The highest BCUT2D eigenvalue weighted by Crippen LogP contribution is 2.61. The molecular weight excluding hydrogens is 338 g/mol. The first kappa shape index (κ1) is 18.3. The third-order valence-electron chi connectivity index (χ3n) is 7.04. The molecule has 5 rings (SSSR count). The van der Waals surface area contributed by atoms with E-state index in [4.69, 9.17) is 5.73 Å². The van der Waals surface area contributed by atoms with Crippen LogP contribution in [0.1, 0.15) is 50.5 Å². The first-order valence-corrected chi connectivity index (χ1v) is 10.4. The fourth-order valence-electron chi connectivity index (χ4n) is 6.40. The van der Waals surface area contributed by atoms with Gasteiger partial charge in [0.2, 0.25) is 5.91 Å². The second-order valence-electron chi connectivity index (χ2n) is 9.21. The number of amides is 3. The molecule has 1 unspecified atom stereocenters. The third-order valence-corrected chi connectivity index (χ3v) is 7.04. The van der Waals surface area contributed by atoms with Gasteiger partial charge in [0, 0.05) is 13.0 Å². The molecule has 27 heavy (non-hydrogen) atoms. The molecule has 4 saturated carbocycles. The highest BCUT2D eigenvalue weighted by Gasteiger charge is 2.50. The Kier molecular flexibility index (Phi) is 5.11. The molecule has 4 aliphatic carbocycles. The van der Waals surface area contributed by atoms with Gasteiger partial charge in [-0.2, -0.15) is 0 Å². The Bertz CT molecular complexity index is 653. The van der Waals surface area contributed by atoms with Gasteiger partial charge in [-0.05, 0) is 73.7 Å². The zero-order chi connectivity index (χ0) is 18.9. The van der Waals surface area contributed by atoms with E-state index < -0.39 is 12.1 Å². The lowest BCUT2D eigenvalue weighted by Gasteiger charge is -2.57. The van der Waals surface area contributed by atoms with Crippen LogP contribution < -0.4 is 16.4 Å². The van der Waals surface area contributed by atoms with Crippen molar-refractivity contribution in [2.45, 2.75) is 57.4 Å². The molecule has 3 amide bonds. The second-order valence-corrected chi connectivity index (χ2v) is 9.21. The Balaban J connectivity index is 1.32. The Morgan fingerprint density at radius 3 is 2.19 bits per heavy atom. The lowest BCUT2D eigenvalue weighted by Crippen LogP contribution is -2.51. The standard InChI is InChI=1S/C22H31N3O2/c23-21(27)25-19(11-15-4-2-1-3-5-15)20(26)24-7-6-22-12-16-8-17(13-22)10-18(9-16)14-22/h1-5,16-19H,6-14H2,(H,24,26)(H3,23,25,27). The molecule has 0 spiro atoms. The minimum absolute atomic E-state index is 0.137. The molecule has 4 N–H and O–H groups in total. The van der Waals surface area contributed by atoms with Crippen LogP contribution >= 0.6 is 0 Å². The van der Waals surface area contributed by atoms with Gasteiger partial charge in [0.25, 0.3) is 0 Å². The largest absolute Gasteiger partial charge is 0.354 e. The van der Waals surface area contributed by atoms with Crippen molar-refractivity contribution in [3.63, 3.8) is 0 Å². The average molecular weight is 370 g/mol. The normalized spacial score (nSPS) is 32.1. The van der Waals surface area contributed by atoms with E-state index in [0.717, 1.165) is 29.7 Å². The van der Waals surface area contributed by atoms with E-state index in [0.29, 0.717) is 18.4 Å². The van der Waals surface area contributed by atoms with Crippen LogP contribution in [0, 0.1) is 23.2 Å². The summed E-state index contributed by atoms with van der Waals surface area (Å²) in [6.07, 6.45) is 9.88. The van der Waals surface area contributed by atoms with E-state index in [9.17, 15) is 9.59 Å². The molecule has 0 radical (unpaired) electrons. The fraction of sp³-hybridized carbons (Fsp3) is 0.636. The molecule has 4 aliphatic rings. The summed E-state index contributed by atoms with van der Waals surface area (Å²) < 4.78 is 0. The molecule has 0 saturated heterocycles. The van der Waals surface area contributed by atoms with E-state index >= 15 is 0 Å². The molecule has 5 nitrogen and oxygen atoms in total. The monoisotopic (exact) mass is 369 g/mol. The van der Waals surface area contributed by atoms with E-state index in [-0.39, 0.29) is 5.91 Å². The number of carbonyl (C=O) groups excluding carboxylic acids is 2. The van der Waals surface area contributed by atoms with Gasteiger partial charge < -0.3 is 16.4 Å². The lowest BCUT2D eigenvalue weighted by atomic mass is 9.49. The molecule has 4 bridgehead atoms. The molecule has 5 heteroatoms. The van der Waals surface area contributed by atoms with Crippen molar-refractivity contribution >= 4 is 11.9 Å². The molecule has 146 valence electrons. The summed E-state index contributed by atoms with van der Waals surface area (Å²) >= 11 is 0. The van der Waals surface area contributed by atoms with Gasteiger partial charge in [-0.1, -0.05) is 30.3 Å². The van der Waals surface area contributed by atoms with Crippen molar-refractivity contribution in [3.05, 3.63) is 35.9 Å². The van der Waals surface area contributed by atoms with Gasteiger partial charge in [0.05, 0.1) is 0 Å². The topological polar surface area (TPSA) is 84.2 Å². The predicted molar refractivity (Wildman–Crippen MR) is 105 cm³/mol. The van der Waals surface area contributed by atoms with Crippen LogP contribution in [0.3, 0.4) is 0 Å². The molecule has 4 fully saturated rings. The summed E-state index contributed by atoms with van der Waals surface area (Å²) in [6.45, 7) is 0.691. The van der Waals surface area contributed by atoms with Crippen LogP contribution in [-0.2, 0) is 11.2 Å². The molecule has 0 aliphatic heterocycles. The Morgan fingerprint density at radius 2 is 1.63 bits per heavy atom. The number of nitrogens with two attached hydrogens (primary N) is 1. The van der Waals surface area contributed by atoms with E-state index in [1.807, 2.05) is 30.3 Å². The van der Waals surface area contributed by atoms with Crippen LogP contribution in [0.2, 0.25) is 0 Å². The van der Waals surface area contributed by atoms with Gasteiger partial charge in [-0.15, -0.1) is 0 Å². The molecule has 1 aromatic rings. The second kappa shape index (κ2) is 7.53. The molecule has 1 aromatic carbocycles. The first-order chi connectivity index (χ1) is 13.0. The number of hydrogen-bond acceptors (Lipinski definition) is 2. The zero-order valence-corrected chi connectivity index (χ0v) is 16.0. The maximum absolute atomic E-state index is 12.7. The SMILES string of the molecule is NC(=O)NC(Cc1ccccc1)C(=O)NCCC12CC3CC(CC(C3)C1)C2. The number of carbonyl (C=O) groups is 2. The zero-order valence-electron chi connectivity index (χ0n) is 16.0. The van der Waals surface area contributed by atoms with Gasteiger partial charge >= 0.3 is 6.03 Å². The minimum atomic E-state index is -0.660. The number of primary amides is 1. The molecule has 0 heterocycles. The quantitative estimate of drug-likeness (QED) is 0.690. The van der Waals surface area contributed by atoms with Crippen molar-refractivity contribution in [1.82, 2.24) is 10.6 Å². The van der Waals surface area contributed by atoms with Crippen molar-refractivity contribution in [2.24, 2.45) is 28.9 Å². The summed E-state index contributed by atoms with van der Waals surface area (Å²) in [5.74, 6) is 2.64. The van der Waals surface area contributed by atoms with E-state index in [2.05, 4.69) is 10.6 Å². The predicted octanol–water partition coefficient (Wildman–Crippen LogP) is 2.99.